The number of ether oxygens (including phenoxy) is 3. The van der Waals surface area contributed by atoms with Gasteiger partial charge in [-0.15, -0.1) is 0 Å². The van der Waals surface area contributed by atoms with Gasteiger partial charge in [-0.05, 0) is 0 Å². The normalized spacial score (nSPS) is 20.0. The van der Waals surface area contributed by atoms with Gasteiger partial charge in [0.05, 0.1) is 25.5 Å². The number of esters is 2. The molecule has 1 spiro atoms. The van der Waals surface area contributed by atoms with Gasteiger partial charge < -0.3 is 19.5 Å². The molecule has 1 N–H and O–H groups in total. The fourth-order valence-electron chi connectivity index (χ4n) is 2.46. The van der Waals surface area contributed by atoms with Gasteiger partial charge >= 0.3 is 17.8 Å². The molecular formula is C14H14ClN3O5. The van der Waals surface area contributed by atoms with Crippen molar-refractivity contribution in [3.63, 3.8) is 0 Å². The number of rotatable bonds is 2. The van der Waals surface area contributed by atoms with E-state index in [2.05, 4.69) is 10.3 Å². The highest BCUT2D eigenvalue weighted by atomic mass is 35.5. The first kappa shape index (κ1) is 15.6. The van der Waals surface area contributed by atoms with Crippen LogP contribution in [0.3, 0.4) is 0 Å². The van der Waals surface area contributed by atoms with Crippen molar-refractivity contribution in [3.8, 4) is 5.75 Å². The highest BCUT2D eigenvalue weighted by Gasteiger charge is 2.48. The molecule has 0 radical (unpaired) electrons. The zero-order valence-corrected chi connectivity index (χ0v) is 13.0. The van der Waals surface area contributed by atoms with Crippen LogP contribution in [0.2, 0.25) is 5.15 Å². The molecule has 0 aromatic carbocycles. The monoisotopic (exact) mass is 339 g/mol. The van der Waals surface area contributed by atoms with E-state index in [-0.39, 0.29) is 11.7 Å². The van der Waals surface area contributed by atoms with Crippen LogP contribution in [0, 0.1) is 0 Å². The van der Waals surface area contributed by atoms with E-state index in [1.165, 1.54) is 13.3 Å². The maximum atomic E-state index is 11.8. The number of aromatic nitrogens is 1. The molecule has 0 amide bonds. The second-order valence-corrected chi connectivity index (χ2v) is 5.26. The van der Waals surface area contributed by atoms with Gasteiger partial charge in [-0.2, -0.15) is 0 Å². The number of carbonyl (C=O) groups excluding carboxylic acids is 2. The van der Waals surface area contributed by atoms with Crippen LogP contribution in [0.15, 0.2) is 24.4 Å². The van der Waals surface area contributed by atoms with Crippen LogP contribution in [-0.2, 0) is 19.1 Å². The van der Waals surface area contributed by atoms with E-state index in [1.54, 1.807) is 11.0 Å². The van der Waals surface area contributed by atoms with Gasteiger partial charge in [-0.25, -0.2) is 14.6 Å². The van der Waals surface area contributed by atoms with Crippen LogP contribution < -0.4 is 15.0 Å². The van der Waals surface area contributed by atoms with Crippen LogP contribution in [0.1, 0.15) is 0 Å². The van der Waals surface area contributed by atoms with Crippen molar-refractivity contribution in [1.82, 2.24) is 10.3 Å². The lowest BCUT2D eigenvalue weighted by Gasteiger charge is -2.44. The molecule has 3 rings (SSSR count). The molecular weight excluding hydrogens is 326 g/mol. The second-order valence-electron chi connectivity index (χ2n) is 4.90. The van der Waals surface area contributed by atoms with E-state index in [1.807, 2.05) is 0 Å². The van der Waals surface area contributed by atoms with Crippen LogP contribution in [0.5, 0.6) is 5.75 Å². The van der Waals surface area contributed by atoms with Gasteiger partial charge in [-0.3, -0.25) is 4.90 Å². The van der Waals surface area contributed by atoms with Crippen molar-refractivity contribution in [2.24, 2.45) is 0 Å². The summed E-state index contributed by atoms with van der Waals surface area (Å²) >= 11 is 5.94. The quantitative estimate of drug-likeness (QED) is 0.614. The van der Waals surface area contributed by atoms with Crippen LogP contribution >= 0.6 is 11.6 Å². The van der Waals surface area contributed by atoms with Crippen LogP contribution in [0.4, 0.5) is 5.69 Å². The zero-order chi connectivity index (χ0) is 16.4. The minimum Gasteiger partial charge on any atom is -0.493 e. The van der Waals surface area contributed by atoms with E-state index in [0.717, 1.165) is 12.2 Å². The molecule has 8 nitrogen and oxygen atoms in total. The van der Waals surface area contributed by atoms with E-state index in [4.69, 9.17) is 25.8 Å². The Morgan fingerprint density at radius 3 is 2.70 bits per heavy atom. The van der Waals surface area contributed by atoms with Crippen molar-refractivity contribution < 1.29 is 23.8 Å². The fourth-order valence-corrected chi connectivity index (χ4v) is 2.64. The molecule has 1 aromatic rings. The lowest BCUT2D eigenvalue weighted by molar-refractivity contribution is -0.221. The van der Waals surface area contributed by atoms with Gasteiger partial charge in [0.1, 0.15) is 0 Å². The Morgan fingerprint density at radius 1 is 1.35 bits per heavy atom. The molecule has 1 fully saturated rings. The van der Waals surface area contributed by atoms with Gasteiger partial charge in [0.25, 0.3) is 0 Å². The molecule has 122 valence electrons. The molecule has 23 heavy (non-hydrogen) atoms. The summed E-state index contributed by atoms with van der Waals surface area (Å²) in [5.41, 5.74) is 0.551. The molecule has 0 unspecified atom stereocenters. The van der Waals surface area contributed by atoms with Crippen molar-refractivity contribution in [1.29, 1.82) is 0 Å². The summed E-state index contributed by atoms with van der Waals surface area (Å²) in [6, 6.07) is 1.64. The molecule has 1 aromatic heterocycles. The summed E-state index contributed by atoms with van der Waals surface area (Å²) in [5.74, 6) is -2.56. The highest BCUT2D eigenvalue weighted by molar-refractivity contribution is 6.30. The van der Waals surface area contributed by atoms with E-state index in [0.29, 0.717) is 24.5 Å². The molecule has 0 saturated carbocycles. The smallest absolute Gasteiger partial charge is 0.356 e. The first-order valence-electron chi connectivity index (χ1n) is 6.86. The third kappa shape index (κ3) is 2.95. The second kappa shape index (κ2) is 6.05. The number of carbonyl (C=O) groups is 2. The average molecular weight is 340 g/mol. The minimum absolute atomic E-state index is 0.122. The van der Waals surface area contributed by atoms with E-state index < -0.39 is 17.8 Å². The summed E-state index contributed by atoms with van der Waals surface area (Å²) in [4.78, 5) is 29.3. The number of halogens is 1. The van der Waals surface area contributed by atoms with Crippen molar-refractivity contribution >= 4 is 29.2 Å². The fraction of sp³-hybridized carbons (Fsp3) is 0.357. The summed E-state index contributed by atoms with van der Waals surface area (Å²) in [5, 5.41) is 3.26. The molecule has 0 bridgehead atoms. The molecule has 1 saturated heterocycles. The van der Waals surface area contributed by atoms with Crippen LogP contribution in [0.25, 0.3) is 0 Å². The third-order valence-corrected chi connectivity index (χ3v) is 3.76. The molecule has 9 heteroatoms. The number of methoxy groups -OCH3 is 1. The Hall–Kier alpha value is -2.32. The summed E-state index contributed by atoms with van der Waals surface area (Å²) in [7, 11) is 1.47. The Kier molecular flexibility index (Phi) is 4.10. The first-order valence-corrected chi connectivity index (χ1v) is 7.24. The van der Waals surface area contributed by atoms with E-state index in [9.17, 15) is 9.59 Å². The number of anilines is 1. The largest absolute Gasteiger partial charge is 0.493 e. The Bertz CT molecular complexity index is 658. The number of nitrogens with one attached hydrogen (secondary N) is 1. The number of piperazine rings is 1. The maximum absolute atomic E-state index is 11.8. The highest BCUT2D eigenvalue weighted by Crippen LogP contribution is 2.33. The predicted molar refractivity (Wildman–Crippen MR) is 80.1 cm³/mol. The molecule has 0 atom stereocenters. The van der Waals surface area contributed by atoms with Gasteiger partial charge in [0, 0.05) is 31.3 Å². The van der Waals surface area contributed by atoms with Crippen molar-refractivity contribution in [3.05, 3.63) is 29.6 Å². The summed E-state index contributed by atoms with van der Waals surface area (Å²) in [6.07, 6.45) is 3.56. The van der Waals surface area contributed by atoms with Crippen LogP contribution in [-0.4, -0.2) is 49.6 Å². The predicted octanol–water partition coefficient (Wildman–Crippen LogP) is 0.463. The lowest BCUT2D eigenvalue weighted by atomic mass is 10.2. The molecule has 2 aliphatic heterocycles. The Balaban J connectivity index is 2.01. The van der Waals surface area contributed by atoms with Gasteiger partial charge in [-0.1, -0.05) is 11.6 Å². The third-order valence-electron chi connectivity index (χ3n) is 3.47. The standard InChI is InChI=1S/C14H14ClN3O5/c1-21-10-6-9(7-17-13(10)15)18-5-4-16-8-14(18)22-11(19)2-3-12(20)23-14/h2-3,6-7,16H,4-5,8H2,1H3. The number of nitrogens with zero attached hydrogens (tertiary/aromatic N) is 2. The first-order chi connectivity index (χ1) is 11.0. The average Bonchev–Trinajstić information content (AvgIpc) is 2.67. The van der Waals surface area contributed by atoms with Crippen molar-refractivity contribution in [2.75, 3.05) is 31.6 Å². The number of hydrogen-bond donors (Lipinski definition) is 1. The maximum Gasteiger partial charge on any atom is 0.356 e. The molecule has 3 heterocycles. The number of hydrogen-bond acceptors (Lipinski definition) is 8. The topological polar surface area (TPSA) is 90.0 Å². The number of pyridine rings is 1. The minimum atomic E-state index is -1.59. The summed E-state index contributed by atoms with van der Waals surface area (Å²) in [6.45, 7) is 1.15. The zero-order valence-electron chi connectivity index (χ0n) is 12.2. The molecule has 0 aliphatic carbocycles. The van der Waals surface area contributed by atoms with Gasteiger partial charge in [0.15, 0.2) is 10.9 Å². The molecule has 2 aliphatic rings. The Morgan fingerprint density at radius 2 is 2.04 bits per heavy atom. The lowest BCUT2D eigenvalue weighted by Crippen LogP contribution is -2.65. The Labute approximate surface area is 137 Å². The SMILES string of the molecule is COc1cc(N2CCNCC23OC(=O)C=CC(=O)O3)cnc1Cl. The van der Waals surface area contributed by atoms with E-state index >= 15 is 0 Å². The van der Waals surface area contributed by atoms with Crippen molar-refractivity contribution in [2.45, 2.75) is 5.91 Å². The van der Waals surface area contributed by atoms with Gasteiger partial charge in [0.2, 0.25) is 0 Å². The summed E-state index contributed by atoms with van der Waals surface area (Å²) < 4.78 is 15.9.